The maximum absolute atomic E-state index is 5.39. The molecule has 52 valence electrons. The Labute approximate surface area is 56.7 Å². The Morgan fingerprint density at radius 2 is 1.89 bits per heavy atom. The molecule has 1 nitrogen and oxygen atoms in total. The molecule has 1 aliphatic carbocycles. The van der Waals surface area contributed by atoms with Crippen LogP contribution in [0.25, 0.3) is 0 Å². The maximum Gasteiger partial charge on any atom is 0.0998 e. The number of hydrogen-bond acceptors (Lipinski definition) is 1. The van der Waals surface area contributed by atoms with Crippen LogP contribution in [0, 0.1) is 0 Å². The zero-order valence-corrected chi connectivity index (χ0v) is 6.40. The minimum absolute atomic E-state index is 0.00438. The fourth-order valence-corrected chi connectivity index (χ4v) is 0.450. The standard InChI is InChI=1S/C8H14O/c1-8(2,3)9-6-7-4-5-7/h6H,4-5H2,1-3H3. The summed E-state index contributed by atoms with van der Waals surface area (Å²) in [5, 5.41) is 0. The number of rotatable bonds is 1. The summed E-state index contributed by atoms with van der Waals surface area (Å²) in [6, 6.07) is 0. The highest BCUT2D eigenvalue weighted by Gasteiger charge is 2.14. The quantitative estimate of drug-likeness (QED) is 0.490. The van der Waals surface area contributed by atoms with E-state index in [1.807, 2.05) is 6.26 Å². The average molecular weight is 126 g/mol. The zero-order chi connectivity index (χ0) is 6.91. The van der Waals surface area contributed by atoms with E-state index >= 15 is 0 Å². The van der Waals surface area contributed by atoms with Crippen LogP contribution in [-0.2, 0) is 4.74 Å². The molecular formula is C8H14O. The lowest BCUT2D eigenvalue weighted by atomic mass is 10.2. The van der Waals surface area contributed by atoms with Crippen molar-refractivity contribution in [2.45, 2.75) is 39.2 Å². The van der Waals surface area contributed by atoms with E-state index < -0.39 is 0 Å². The van der Waals surface area contributed by atoms with Gasteiger partial charge in [-0.05, 0) is 39.2 Å². The van der Waals surface area contributed by atoms with Gasteiger partial charge < -0.3 is 4.74 Å². The van der Waals surface area contributed by atoms with Crippen molar-refractivity contribution in [3.05, 3.63) is 11.8 Å². The van der Waals surface area contributed by atoms with Gasteiger partial charge in [0.2, 0.25) is 0 Å². The van der Waals surface area contributed by atoms with Gasteiger partial charge in [-0.3, -0.25) is 0 Å². The molecule has 1 saturated carbocycles. The van der Waals surface area contributed by atoms with E-state index in [4.69, 9.17) is 4.74 Å². The van der Waals surface area contributed by atoms with Crippen LogP contribution in [0.3, 0.4) is 0 Å². The first-order chi connectivity index (χ1) is 4.08. The Kier molecular flexibility index (Phi) is 1.52. The Hall–Kier alpha value is -0.460. The van der Waals surface area contributed by atoms with Crippen LogP contribution < -0.4 is 0 Å². The van der Waals surface area contributed by atoms with E-state index in [0.29, 0.717) is 0 Å². The van der Waals surface area contributed by atoms with Crippen LogP contribution in [0.15, 0.2) is 11.8 Å². The zero-order valence-electron chi connectivity index (χ0n) is 6.40. The average Bonchev–Trinajstić information content (AvgIpc) is 2.38. The van der Waals surface area contributed by atoms with Crippen molar-refractivity contribution in [3.8, 4) is 0 Å². The van der Waals surface area contributed by atoms with Crippen molar-refractivity contribution < 1.29 is 4.74 Å². The SMILES string of the molecule is CC(C)(C)OC=C1CC1. The van der Waals surface area contributed by atoms with E-state index in [1.54, 1.807) is 0 Å². The Bertz CT molecular complexity index is 122. The molecule has 0 radical (unpaired) electrons. The molecular weight excluding hydrogens is 112 g/mol. The minimum atomic E-state index is -0.00438. The molecule has 1 rings (SSSR count). The second-order valence-electron chi connectivity index (χ2n) is 3.51. The molecule has 0 saturated heterocycles. The fourth-order valence-electron chi connectivity index (χ4n) is 0.450. The summed E-state index contributed by atoms with van der Waals surface area (Å²) in [6.45, 7) is 6.19. The highest BCUT2D eigenvalue weighted by molar-refractivity contribution is 5.13. The van der Waals surface area contributed by atoms with E-state index in [9.17, 15) is 0 Å². The van der Waals surface area contributed by atoms with Gasteiger partial charge in [0.25, 0.3) is 0 Å². The summed E-state index contributed by atoms with van der Waals surface area (Å²) >= 11 is 0. The van der Waals surface area contributed by atoms with Gasteiger partial charge in [-0.1, -0.05) is 0 Å². The number of ether oxygens (including phenoxy) is 1. The molecule has 0 bridgehead atoms. The van der Waals surface area contributed by atoms with Crippen molar-refractivity contribution in [2.24, 2.45) is 0 Å². The predicted molar refractivity (Wildman–Crippen MR) is 38.2 cm³/mol. The summed E-state index contributed by atoms with van der Waals surface area (Å²) in [5.41, 5.74) is 1.44. The Balaban J connectivity index is 2.25. The van der Waals surface area contributed by atoms with E-state index in [2.05, 4.69) is 20.8 Å². The summed E-state index contributed by atoms with van der Waals surface area (Å²) in [5.74, 6) is 0. The molecule has 0 aromatic heterocycles. The molecule has 0 aromatic rings. The van der Waals surface area contributed by atoms with Crippen molar-refractivity contribution in [1.82, 2.24) is 0 Å². The van der Waals surface area contributed by atoms with E-state index in [0.717, 1.165) is 0 Å². The van der Waals surface area contributed by atoms with Gasteiger partial charge in [0.15, 0.2) is 0 Å². The normalized spacial score (nSPS) is 17.4. The van der Waals surface area contributed by atoms with Gasteiger partial charge in [0.05, 0.1) is 11.9 Å². The summed E-state index contributed by atoms with van der Waals surface area (Å²) in [7, 11) is 0. The number of hydrogen-bond donors (Lipinski definition) is 0. The van der Waals surface area contributed by atoms with Gasteiger partial charge in [-0.15, -0.1) is 0 Å². The van der Waals surface area contributed by atoms with Gasteiger partial charge in [0, 0.05) is 0 Å². The second kappa shape index (κ2) is 2.05. The third kappa shape index (κ3) is 3.17. The van der Waals surface area contributed by atoms with Gasteiger partial charge in [0.1, 0.15) is 0 Å². The topological polar surface area (TPSA) is 9.23 Å². The first-order valence-electron chi connectivity index (χ1n) is 3.44. The van der Waals surface area contributed by atoms with Crippen LogP contribution >= 0.6 is 0 Å². The summed E-state index contributed by atoms with van der Waals surface area (Å²) in [4.78, 5) is 0. The molecule has 0 unspecified atom stereocenters. The van der Waals surface area contributed by atoms with Crippen LogP contribution in [0.4, 0.5) is 0 Å². The Morgan fingerprint density at radius 1 is 1.33 bits per heavy atom. The van der Waals surface area contributed by atoms with Crippen LogP contribution in [0.1, 0.15) is 33.6 Å². The second-order valence-corrected chi connectivity index (χ2v) is 3.51. The summed E-state index contributed by atoms with van der Waals surface area (Å²) in [6.07, 6.45) is 4.39. The first kappa shape index (κ1) is 6.66. The monoisotopic (exact) mass is 126 g/mol. The molecule has 0 aliphatic heterocycles. The lowest BCUT2D eigenvalue weighted by Crippen LogP contribution is -2.15. The highest BCUT2D eigenvalue weighted by Crippen LogP contribution is 2.28. The van der Waals surface area contributed by atoms with Crippen LogP contribution in [0.2, 0.25) is 0 Å². The third-order valence-corrected chi connectivity index (χ3v) is 1.12. The Morgan fingerprint density at radius 3 is 2.22 bits per heavy atom. The molecule has 1 fully saturated rings. The maximum atomic E-state index is 5.39. The van der Waals surface area contributed by atoms with Crippen LogP contribution in [-0.4, -0.2) is 5.60 Å². The largest absolute Gasteiger partial charge is 0.496 e. The molecule has 0 heterocycles. The summed E-state index contributed by atoms with van der Waals surface area (Å²) < 4.78 is 5.39. The molecule has 0 aromatic carbocycles. The highest BCUT2D eigenvalue weighted by atomic mass is 16.5. The van der Waals surface area contributed by atoms with E-state index in [-0.39, 0.29) is 5.60 Å². The molecule has 1 heteroatoms. The smallest absolute Gasteiger partial charge is 0.0998 e. The molecule has 0 atom stereocenters. The van der Waals surface area contributed by atoms with E-state index in [1.165, 1.54) is 18.4 Å². The van der Waals surface area contributed by atoms with Gasteiger partial charge in [-0.2, -0.15) is 0 Å². The molecule has 0 N–H and O–H groups in total. The minimum Gasteiger partial charge on any atom is -0.496 e. The van der Waals surface area contributed by atoms with Crippen molar-refractivity contribution in [1.29, 1.82) is 0 Å². The number of allylic oxidation sites excluding steroid dienone is 1. The molecule has 0 spiro atoms. The van der Waals surface area contributed by atoms with Crippen molar-refractivity contribution >= 4 is 0 Å². The van der Waals surface area contributed by atoms with Gasteiger partial charge >= 0.3 is 0 Å². The lowest BCUT2D eigenvalue weighted by molar-refractivity contribution is 0.0759. The fraction of sp³-hybridized carbons (Fsp3) is 0.750. The first-order valence-corrected chi connectivity index (χ1v) is 3.44. The molecule has 1 aliphatic rings. The van der Waals surface area contributed by atoms with Crippen LogP contribution in [0.5, 0.6) is 0 Å². The third-order valence-electron chi connectivity index (χ3n) is 1.12. The molecule has 9 heavy (non-hydrogen) atoms. The van der Waals surface area contributed by atoms with Crippen molar-refractivity contribution in [3.63, 3.8) is 0 Å². The van der Waals surface area contributed by atoms with Crippen molar-refractivity contribution in [2.75, 3.05) is 0 Å². The van der Waals surface area contributed by atoms with Gasteiger partial charge in [-0.25, -0.2) is 0 Å². The predicted octanol–water partition coefficient (Wildman–Crippen LogP) is 2.48. The molecule has 0 amide bonds. The lowest BCUT2D eigenvalue weighted by Gasteiger charge is -2.17.